The van der Waals surface area contributed by atoms with E-state index in [-0.39, 0.29) is 5.75 Å². The minimum Gasteiger partial charge on any atom is -0.506 e. The Kier molecular flexibility index (Phi) is 1.90. The molecule has 0 unspecified atom stereocenters. The molecule has 0 aromatic carbocycles. The smallest absolute Gasteiger partial charge is 0.134 e. The first-order valence-electron chi connectivity index (χ1n) is 2.51. The second-order valence-electron chi connectivity index (χ2n) is 1.80. The van der Waals surface area contributed by atoms with Crippen LogP contribution in [0, 0.1) is 10.6 Å². The molecule has 0 fully saturated rings. The average Bonchev–Trinajstić information content (AvgIpc) is 1.80. The van der Waals surface area contributed by atoms with Crippen LogP contribution in [0.2, 0.25) is 0 Å². The molecule has 3 heteroatoms. The van der Waals surface area contributed by atoms with Crippen molar-refractivity contribution >= 4 is 22.6 Å². The topological polar surface area (TPSA) is 33.1 Å². The highest BCUT2D eigenvalue weighted by Crippen LogP contribution is 2.13. The standard InChI is InChI=1S/C6H6INO/c1-4-2-5(9)3-8-6(4)7/h2-3,9H,1H3. The normalized spacial score (nSPS) is 9.56. The number of nitrogens with zero attached hydrogens (tertiary/aromatic N) is 1. The van der Waals surface area contributed by atoms with Crippen LogP contribution in [0.5, 0.6) is 5.75 Å². The molecule has 0 spiro atoms. The summed E-state index contributed by atoms with van der Waals surface area (Å²) in [5.41, 5.74) is 1.01. The molecule has 1 aromatic heterocycles. The Morgan fingerprint density at radius 2 is 2.33 bits per heavy atom. The maximum absolute atomic E-state index is 8.87. The van der Waals surface area contributed by atoms with Gasteiger partial charge in [-0.05, 0) is 41.1 Å². The van der Waals surface area contributed by atoms with Gasteiger partial charge >= 0.3 is 0 Å². The molecule has 48 valence electrons. The van der Waals surface area contributed by atoms with Gasteiger partial charge in [-0.3, -0.25) is 0 Å². The summed E-state index contributed by atoms with van der Waals surface area (Å²) in [6.45, 7) is 1.91. The fourth-order valence-corrected chi connectivity index (χ4v) is 0.838. The number of aromatic hydroxyl groups is 1. The number of hydrogen-bond donors (Lipinski definition) is 1. The summed E-state index contributed by atoms with van der Waals surface area (Å²) in [5, 5.41) is 8.87. The second kappa shape index (κ2) is 2.51. The molecule has 9 heavy (non-hydrogen) atoms. The number of pyridine rings is 1. The molecule has 0 aliphatic heterocycles. The van der Waals surface area contributed by atoms with Crippen molar-refractivity contribution < 1.29 is 5.11 Å². The van der Waals surface area contributed by atoms with Gasteiger partial charge in [0.25, 0.3) is 0 Å². The van der Waals surface area contributed by atoms with Crippen molar-refractivity contribution in [1.29, 1.82) is 0 Å². The zero-order valence-corrected chi connectivity index (χ0v) is 7.08. The Balaban J connectivity index is 3.17. The molecule has 0 bridgehead atoms. The van der Waals surface area contributed by atoms with E-state index in [0.717, 1.165) is 9.26 Å². The lowest BCUT2D eigenvalue weighted by Crippen LogP contribution is -1.82. The SMILES string of the molecule is Cc1cc(O)cnc1I. The third kappa shape index (κ3) is 1.54. The Bertz CT molecular complexity index is 224. The van der Waals surface area contributed by atoms with Crippen LogP contribution in [0.15, 0.2) is 12.3 Å². The van der Waals surface area contributed by atoms with E-state index in [9.17, 15) is 0 Å². The van der Waals surface area contributed by atoms with E-state index in [1.54, 1.807) is 6.07 Å². The Morgan fingerprint density at radius 3 is 2.78 bits per heavy atom. The Morgan fingerprint density at radius 1 is 1.67 bits per heavy atom. The van der Waals surface area contributed by atoms with E-state index in [2.05, 4.69) is 27.6 Å². The summed E-state index contributed by atoms with van der Waals surface area (Å²) in [5.74, 6) is 0.230. The summed E-state index contributed by atoms with van der Waals surface area (Å²) in [6.07, 6.45) is 1.44. The van der Waals surface area contributed by atoms with Crippen LogP contribution in [0.3, 0.4) is 0 Å². The summed E-state index contributed by atoms with van der Waals surface area (Å²) < 4.78 is 0.936. The third-order valence-corrected chi connectivity index (χ3v) is 2.13. The van der Waals surface area contributed by atoms with Crippen LogP contribution in [0.1, 0.15) is 5.56 Å². The lowest BCUT2D eigenvalue weighted by molar-refractivity contribution is 0.472. The molecular formula is C6H6INO. The molecule has 1 N–H and O–H groups in total. The number of rotatable bonds is 0. The quantitative estimate of drug-likeness (QED) is 0.548. The first-order valence-corrected chi connectivity index (χ1v) is 3.59. The molecule has 0 aliphatic rings. The van der Waals surface area contributed by atoms with Crippen LogP contribution in [0.25, 0.3) is 0 Å². The van der Waals surface area contributed by atoms with E-state index in [1.165, 1.54) is 6.20 Å². The van der Waals surface area contributed by atoms with Crippen molar-refractivity contribution in [2.45, 2.75) is 6.92 Å². The zero-order valence-electron chi connectivity index (χ0n) is 4.93. The molecule has 2 nitrogen and oxygen atoms in total. The molecule has 0 aliphatic carbocycles. The van der Waals surface area contributed by atoms with Crippen LogP contribution < -0.4 is 0 Å². The molecule has 1 heterocycles. The van der Waals surface area contributed by atoms with Gasteiger partial charge in [-0.25, -0.2) is 4.98 Å². The van der Waals surface area contributed by atoms with Gasteiger partial charge < -0.3 is 5.11 Å². The number of aryl methyl sites for hydroxylation is 1. The molecule has 0 radical (unpaired) electrons. The highest BCUT2D eigenvalue weighted by atomic mass is 127. The van der Waals surface area contributed by atoms with E-state index in [4.69, 9.17) is 5.11 Å². The van der Waals surface area contributed by atoms with Gasteiger partial charge in [0.15, 0.2) is 0 Å². The highest BCUT2D eigenvalue weighted by Gasteiger charge is 1.94. The fraction of sp³-hybridized carbons (Fsp3) is 0.167. The first kappa shape index (κ1) is 6.80. The minimum absolute atomic E-state index is 0.230. The second-order valence-corrected chi connectivity index (χ2v) is 2.82. The van der Waals surface area contributed by atoms with E-state index < -0.39 is 0 Å². The molecule has 1 aromatic rings. The van der Waals surface area contributed by atoms with Gasteiger partial charge in [0.1, 0.15) is 9.45 Å². The molecule has 0 saturated carbocycles. The summed E-state index contributed by atoms with van der Waals surface area (Å²) in [7, 11) is 0. The Labute approximate surface area is 67.1 Å². The molecule has 1 rings (SSSR count). The van der Waals surface area contributed by atoms with Crippen molar-refractivity contribution in [1.82, 2.24) is 4.98 Å². The van der Waals surface area contributed by atoms with Crippen LogP contribution >= 0.6 is 22.6 Å². The van der Waals surface area contributed by atoms with Crippen LogP contribution in [-0.2, 0) is 0 Å². The number of aromatic nitrogens is 1. The van der Waals surface area contributed by atoms with E-state index >= 15 is 0 Å². The van der Waals surface area contributed by atoms with Crippen LogP contribution in [-0.4, -0.2) is 10.1 Å². The maximum Gasteiger partial charge on any atom is 0.134 e. The van der Waals surface area contributed by atoms with Gasteiger partial charge in [0.2, 0.25) is 0 Å². The van der Waals surface area contributed by atoms with E-state index in [0.29, 0.717) is 0 Å². The first-order chi connectivity index (χ1) is 4.20. The molecule has 0 saturated heterocycles. The van der Waals surface area contributed by atoms with Crippen molar-refractivity contribution in [3.8, 4) is 5.75 Å². The summed E-state index contributed by atoms with van der Waals surface area (Å²) in [4.78, 5) is 3.91. The van der Waals surface area contributed by atoms with Crippen molar-refractivity contribution in [3.63, 3.8) is 0 Å². The van der Waals surface area contributed by atoms with Gasteiger partial charge in [-0.15, -0.1) is 0 Å². The van der Waals surface area contributed by atoms with Crippen molar-refractivity contribution in [2.24, 2.45) is 0 Å². The zero-order chi connectivity index (χ0) is 6.85. The Hall–Kier alpha value is -0.320. The fourth-order valence-electron chi connectivity index (χ4n) is 0.543. The third-order valence-electron chi connectivity index (χ3n) is 1.000. The molecular weight excluding hydrogens is 229 g/mol. The van der Waals surface area contributed by atoms with Crippen molar-refractivity contribution in [3.05, 3.63) is 21.5 Å². The summed E-state index contributed by atoms with van der Waals surface area (Å²) >= 11 is 2.12. The lowest BCUT2D eigenvalue weighted by Gasteiger charge is -1.94. The van der Waals surface area contributed by atoms with Gasteiger partial charge in [-0.2, -0.15) is 0 Å². The van der Waals surface area contributed by atoms with Gasteiger partial charge in [0, 0.05) is 0 Å². The maximum atomic E-state index is 8.87. The van der Waals surface area contributed by atoms with E-state index in [1.807, 2.05) is 6.92 Å². The largest absolute Gasteiger partial charge is 0.506 e. The highest BCUT2D eigenvalue weighted by molar-refractivity contribution is 14.1. The molecule has 0 amide bonds. The van der Waals surface area contributed by atoms with Crippen molar-refractivity contribution in [2.75, 3.05) is 0 Å². The monoisotopic (exact) mass is 235 g/mol. The number of hydrogen-bond acceptors (Lipinski definition) is 2. The predicted molar refractivity (Wildman–Crippen MR) is 43.4 cm³/mol. The predicted octanol–water partition coefficient (Wildman–Crippen LogP) is 1.70. The average molecular weight is 235 g/mol. The number of halogens is 1. The molecule has 0 atom stereocenters. The lowest BCUT2D eigenvalue weighted by atomic mass is 10.3. The van der Waals surface area contributed by atoms with Gasteiger partial charge in [0.05, 0.1) is 6.20 Å². The minimum atomic E-state index is 0.230. The van der Waals surface area contributed by atoms with Crippen LogP contribution in [0.4, 0.5) is 0 Å². The van der Waals surface area contributed by atoms with Gasteiger partial charge in [-0.1, -0.05) is 0 Å². The summed E-state index contributed by atoms with van der Waals surface area (Å²) in [6, 6.07) is 1.69.